The number of hydrogen-bond acceptors (Lipinski definition) is 4. The average Bonchev–Trinajstić information content (AvgIpc) is 2.89. The second-order valence-corrected chi connectivity index (χ2v) is 8.99. The van der Waals surface area contributed by atoms with Crippen LogP contribution in [0.2, 0.25) is 0 Å². The number of para-hydroxylation sites is 1. The van der Waals surface area contributed by atoms with Gasteiger partial charge in [-0.25, -0.2) is 0 Å². The number of nitrogens with zero attached hydrogens (tertiary/aromatic N) is 2. The Morgan fingerprint density at radius 1 is 0.850 bits per heavy atom. The predicted molar refractivity (Wildman–Crippen MR) is 156 cm³/mol. The summed E-state index contributed by atoms with van der Waals surface area (Å²) in [5.74, 6) is -0.0625. The van der Waals surface area contributed by atoms with Crippen LogP contribution in [0.3, 0.4) is 0 Å². The van der Waals surface area contributed by atoms with Crippen LogP contribution < -0.4 is 0 Å². The van der Waals surface area contributed by atoms with Crippen LogP contribution in [-0.2, 0) is 45.0 Å². The fraction of sp³-hybridized carbons (Fsp3) is 0.147. The van der Waals surface area contributed by atoms with Crippen LogP contribution in [0.4, 0.5) is 0 Å². The summed E-state index contributed by atoms with van der Waals surface area (Å²) < 4.78 is 0. The Morgan fingerprint density at radius 3 is 2.17 bits per heavy atom. The number of fused-ring (bicyclic) bond motifs is 1. The molecule has 1 N–H and O–H groups in total. The van der Waals surface area contributed by atoms with Gasteiger partial charge >= 0.3 is 0 Å². The number of allylic oxidation sites excluding steroid dienone is 2. The van der Waals surface area contributed by atoms with Gasteiger partial charge in [0.2, 0.25) is 0 Å². The molecule has 0 atom stereocenters. The molecule has 0 saturated heterocycles. The van der Waals surface area contributed by atoms with Gasteiger partial charge in [-0.1, -0.05) is 55.8 Å². The van der Waals surface area contributed by atoms with Crippen molar-refractivity contribution in [1.82, 2.24) is 9.97 Å². The number of carbonyl (C=O) groups excluding carboxylic acids is 1. The monoisotopic (exact) mass is 886 g/mol. The molecule has 5 rings (SSSR count). The third-order valence-corrected chi connectivity index (χ3v) is 5.41. The van der Waals surface area contributed by atoms with E-state index in [0.717, 1.165) is 33.6 Å². The van der Waals surface area contributed by atoms with Crippen molar-refractivity contribution in [3.8, 4) is 22.5 Å². The van der Waals surface area contributed by atoms with Crippen molar-refractivity contribution >= 4 is 16.7 Å². The number of ketones is 1. The third-order valence-electron chi connectivity index (χ3n) is 5.41. The van der Waals surface area contributed by atoms with Crippen molar-refractivity contribution in [2.75, 3.05) is 0 Å². The summed E-state index contributed by atoms with van der Waals surface area (Å²) in [5.41, 5.74) is 8.74. The summed E-state index contributed by atoms with van der Waals surface area (Å²) in [4.78, 5) is 19.0. The van der Waals surface area contributed by atoms with E-state index >= 15 is 0 Å². The minimum absolute atomic E-state index is 0. The third kappa shape index (κ3) is 11.1. The van der Waals surface area contributed by atoms with Crippen LogP contribution in [-0.4, -0.2) is 20.9 Å². The molecule has 0 aliphatic heterocycles. The van der Waals surface area contributed by atoms with Crippen molar-refractivity contribution in [1.29, 1.82) is 0 Å². The fourth-order valence-corrected chi connectivity index (χ4v) is 3.85. The first kappa shape index (κ1) is 34.8. The van der Waals surface area contributed by atoms with Crippen molar-refractivity contribution in [3.05, 3.63) is 132 Å². The number of aromatic nitrogens is 2. The van der Waals surface area contributed by atoms with Gasteiger partial charge < -0.3 is 10.1 Å². The van der Waals surface area contributed by atoms with Crippen molar-refractivity contribution in [3.63, 3.8) is 0 Å². The van der Waals surface area contributed by atoms with Crippen molar-refractivity contribution in [2.24, 2.45) is 0 Å². The van der Waals surface area contributed by atoms with Gasteiger partial charge in [0.1, 0.15) is 0 Å². The number of rotatable bonds is 3. The summed E-state index contributed by atoms with van der Waals surface area (Å²) in [6, 6.07) is 35.0. The molecule has 2 heterocycles. The molecule has 0 spiro atoms. The molecule has 4 nitrogen and oxygen atoms in total. The maximum Gasteiger partial charge on any atom is 0.155 e. The maximum absolute atomic E-state index is 10.0. The molecule has 0 saturated carbocycles. The van der Waals surface area contributed by atoms with Gasteiger partial charge in [0.15, 0.2) is 5.78 Å². The van der Waals surface area contributed by atoms with E-state index in [1.165, 1.54) is 36.4 Å². The van der Waals surface area contributed by atoms with E-state index in [1.807, 2.05) is 54.7 Å². The van der Waals surface area contributed by atoms with Crippen molar-refractivity contribution < 1.29 is 50.1 Å². The zero-order valence-electron chi connectivity index (χ0n) is 23.2. The Labute approximate surface area is 264 Å². The normalized spacial score (nSPS) is 10.1. The van der Waals surface area contributed by atoms with Gasteiger partial charge in [-0.3, -0.25) is 9.78 Å². The standard InChI is InChI=1S/C17H14N.C12H10N.C5H8O2.2Ir/c1-12-9-13(2)11-15(10-12)17-8-7-14-5-3-4-6-16(14)18-17;1-10-6-5-9-13-12(10)11-7-3-2-4-8-11;1-4(6)3-5(2)7;;/h3-10H,1-2H3;2-7,9H,1H3;3,6H,1-2H3;;/q2*-1;;;. The number of aliphatic hydroxyl groups excluding tert-OH is 1. The average molecular weight is 885 g/mol. The Bertz CT molecular complexity index is 1530. The predicted octanol–water partition coefficient (Wildman–Crippen LogP) is 8.21. The summed E-state index contributed by atoms with van der Waals surface area (Å²) in [5, 5.41) is 9.53. The number of aliphatic hydroxyl groups is 1. The molecule has 5 aromatic rings. The van der Waals surface area contributed by atoms with Gasteiger partial charge in [0.05, 0.1) is 11.3 Å². The van der Waals surface area contributed by atoms with Crippen LogP contribution in [0.1, 0.15) is 30.5 Å². The molecule has 0 aliphatic rings. The van der Waals surface area contributed by atoms with E-state index in [-0.39, 0.29) is 51.8 Å². The second kappa shape index (κ2) is 17.4. The molecule has 3 aromatic carbocycles. The molecule has 2 radical (unpaired) electrons. The molecule has 0 fully saturated rings. The van der Waals surface area contributed by atoms with E-state index in [1.54, 1.807) is 0 Å². The van der Waals surface area contributed by atoms with Gasteiger partial charge in [-0.15, -0.1) is 70.8 Å². The maximum atomic E-state index is 10.0. The molecular weight excluding hydrogens is 853 g/mol. The number of benzene rings is 3. The van der Waals surface area contributed by atoms with E-state index in [2.05, 4.69) is 74.3 Å². The fourth-order valence-electron chi connectivity index (χ4n) is 3.85. The molecule has 210 valence electrons. The van der Waals surface area contributed by atoms with E-state index < -0.39 is 0 Å². The van der Waals surface area contributed by atoms with Gasteiger partial charge in [0, 0.05) is 52.5 Å². The first-order valence-corrected chi connectivity index (χ1v) is 12.4. The number of pyridine rings is 2. The smallest absolute Gasteiger partial charge is 0.155 e. The Kier molecular flexibility index (Phi) is 15.1. The Hall–Kier alpha value is -3.27. The van der Waals surface area contributed by atoms with Crippen LogP contribution in [0, 0.1) is 32.9 Å². The summed E-state index contributed by atoms with van der Waals surface area (Å²) in [6.45, 7) is 9.08. The van der Waals surface area contributed by atoms with Gasteiger partial charge in [0.25, 0.3) is 0 Å². The molecule has 0 aliphatic carbocycles. The topological polar surface area (TPSA) is 63.1 Å². The second-order valence-electron chi connectivity index (χ2n) is 8.99. The van der Waals surface area contributed by atoms with Crippen LogP contribution in [0.25, 0.3) is 33.4 Å². The summed E-state index contributed by atoms with van der Waals surface area (Å²) in [6.07, 6.45) is 2.98. The quantitative estimate of drug-likeness (QED) is 0.113. The minimum atomic E-state index is -0.125. The number of carbonyl (C=O) groups is 1. The summed E-state index contributed by atoms with van der Waals surface area (Å²) in [7, 11) is 0. The molecule has 0 amide bonds. The number of hydrogen-bond donors (Lipinski definition) is 1. The van der Waals surface area contributed by atoms with Crippen LogP contribution in [0.15, 0.2) is 103 Å². The Morgan fingerprint density at radius 2 is 1.57 bits per heavy atom. The molecule has 2 aromatic heterocycles. The van der Waals surface area contributed by atoms with Crippen LogP contribution in [0.5, 0.6) is 0 Å². The largest absolute Gasteiger partial charge is 0.512 e. The van der Waals surface area contributed by atoms with Gasteiger partial charge in [-0.2, -0.15) is 0 Å². The van der Waals surface area contributed by atoms with Crippen molar-refractivity contribution in [2.45, 2.75) is 34.6 Å². The van der Waals surface area contributed by atoms with Gasteiger partial charge in [-0.05, 0) is 49.7 Å². The first-order chi connectivity index (χ1) is 18.2. The number of aryl methyl sites for hydroxylation is 3. The van der Waals surface area contributed by atoms with E-state index in [0.29, 0.717) is 0 Å². The SMILES string of the molecule is CC(=O)C=C(C)O.Cc1[c-]c(-c2ccc3ccccc3n2)cc(C)c1.Cc1cccnc1-c1[c-]cccc1.[Ir].[Ir]. The molecule has 0 bridgehead atoms. The Balaban J connectivity index is 0.000000322. The molecule has 6 heteroatoms. The molecular formula is C34H32Ir2N2O2-2. The van der Waals surface area contributed by atoms with Crippen LogP contribution >= 0.6 is 0 Å². The van der Waals surface area contributed by atoms with E-state index in [4.69, 9.17) is 10.1 Å². The minimum Gasteiger partial charge on any atom is -0.512 e. The molecule has 0 unspecified atom stereocenters. The zero-order valence-corrected chi connectivity index (χ0v) is 27.9. The molecule has 40 heavy (non-hydrogen) atoms. The zero-order chi connectivity index (χ0) is 27.5. The van der Waals surface area contributed by atoms with E-state index in [9.17, 15) is 4.79 Å². The summed E-state index contributed by atoms with van der Waals surface area (Å²) >= 11 is 0. The first-order valence-electron chi connectivity index (χ1n) is 12.4.